The number of aldehydes is 1. The predicted octanol–water partition coefficient (Wildman–Crippen LogP) is 4.97. The number of aromatic amines is 1. The number of hydrogen-bond acceptors (Lipinski definition) is 6. The summed E-state index contributed by atoms with van der Waals surface area (Å²) in [5, 5.41) is 11.1. The summed E-state index contributed by atoms with van der Waals surface area (Å²) >= 11 is 6.47. The maximum atomic E-state index is 13.3. The highest BCUT2D eigenvalue weighted by atomic mass is 35.5. The van der Waals surface area contributed by atoms with E-state index >= 15 is 0 Å². The second-order valence-electron chi connectivity index (χ2n) is 10.6. The average Bonchev–Trinajstić information content (AvgIpc) is 3.49. The number of aromatic nitrogens is 3. The van der Waals surface area contributed by atoms with E-state index in [4.69, 9.17) is 11.6 Å². The lowest BCUT2D eigenvalue weighted by Gasteiger charge is -2.38. The summed E-state index contributed by atoms with van der Waals surface area (Å²) < 4.78 is 32.3. The van der Waals surface area contributed by atoms with Gasteiger partial charge < -0.3 is 14.6 Å². The third-order valence-corrected chi connectivity index (χ3v) is 8.19. The standard InChI is InChI=1S/C28H33ClFN7O3.2CH3F/c1-35(17-30)15-23-20(13-24(29)26-22(23)14-32-34-26)11-18(16-38)12-25(39)36-8-5-21(6-9-36)37-10-4-19-3-2-7-31-27(19)33-28(37)40;2*1-2/h2-3,7,13-14,16,18,21H,4-6,8-12,15,17H2,1H3,(H,32,34)(H,31,33,40);2*1H3/t18-;;/m0../s1. The minimum atomic E-state index is -0.629. The monoisotopic (exact) mass is 637 g/mol. The third-order valence-electron chi connectivity index (χ3n) is 7.89. The molecule has 2 aliphatic rings. The van der Waals surface area contributed by atoms with Crippen molar-refractivity contribution < 1.29 is 27.6 Å². The molecular weight excluding hydrogens is 599 g/mol. The van der Waals surface area contributed by atoms with Crippen LogP contribution in [-0.4, -0.2) is 102 Å². The molecule has 0 radical (unpaired) electrons. The number of urea groups is 1. The van der Waals surface area contributed by atoms with Crippen LogP contribution in [0.5, 0.6) is 0 Å². The highest BCUT2D eigenvalue weighted by molar-refractivity contribution is 6.35. The van der Waals surface area contributed by atoms with Crippen molar-refractivity contribution in [2.75, 3.05) is 53.2 Å². The van der Waals surface area contributed by atoms with Crippen molar-refractivity contribution in [3.8, 4) is 0 Å². The molecule has 1 fully saturated rings. The number of carbonyl (C=O) groups is 3. The fourth-order valence-electron chi connectivity index (χ4n) is 5.71. The van der Waals surface area contributed by atoms with Crippen LogP contribution in [0.2, 0.25) is 5.02 Å². The largest absolute Gasteiger partial charge is 0.343 e. The lowest BCUT2D eigenvalue weighted by atomic mass is 9.91. The van der Waals surface area contributed by atoms with E-state index in [9.17, 15) is 27.6 Å². The van der Waals surface area contributed by atoms with Gasteiger partial charge in [-0.3, -0.25) is 28.9 Å². The van der Waals surface area contributed by atoms with Crippen molar-refractivity contribution in [1.29, 1.82) is 0 Å². The molecule has 3 amide bonds. The Hall–Kier alpha value is -3.71. The summed E-state index contributed by atoms with van der Waals surface area (Å²) in [6, 6.07) is 5.48. The second-order valence-corrected chi connectivity index (χ2v) is 11.0. The molecule has 5 rings (SSSR count). The second kappa shape index (κ2) is 17.0. The van der Waals surface area contributed by atoms with Crippen LogP contribution in [-0.2, 0) is 29.0 Å². The van der Waals surface area contributed by atoms with E-state index in [2.05, 4.69) is 20.5 Å². The van der Waals surface area contributed by atoms with Gasteiger partial charge in [-0.2, -0.15) is 5.10 Å². The van der Waals surface area contributed by atoms with Crippen molar-refractivity contribution >= 4 is 46.5 Å². The molecule has 2 aliphatic heterocycles. The van der Waals surface area contributed by atoms with Crippen molar-refractivity contribution in [2.45, 2.75) is 44.7 Å². The first-order valence-corrected chi connectivity index (χ1v) is 14.6. The van der Waals surface area contributed by atoms with Crippen LogP contribution in [0, 0.1) is 5.92 Å². The zero-order valence-corrected chi connectivity index (χ0v) is 25.9. The molecule has 0 unspecified atom stereocenters. The van der Waals surface area contributed by atoms with Gasteiger partial charge in [-0.15, -0.1) is 0 Å². The van der Waals surface area contributed by atoms with Gasteiger partial charge in [0.2, 0.25) is 5.91 Å². The SMILES string of the molecule is CF.CF.CN(CF)Cc1c(C[C@H](C=O)CC(=O)N2CCC(N3CCc4cccnc4NC3=O)CC2)cc(Cl)c2[nH]ncc12. The fourth-order valence-corrected chi connectivity index (χ4v) is 5.99. The van der Waals surface area contributed by atoms with E-state index in [0.717, 1.165) is 34.8 Å². The molecule has 1 aromatic carbocycles. The van der Waals surface area contributed by atoms with Crippen molar-refractivity contribution in [3.05, 3.63) is 52.3 Å². The maximum absolute atomic E-state index is 13.3. The number of rotatable bonds is 9. The Balaban J connectivity index is 0.00000127. The summed E-state index contributed by atoms with van der Waals surface area (Å²) in [5.41, 5.74) is 3.30. The molecule has 44 heavy (non-hydrogen) atoms. The molecule has 0 spiro atoms. The number of nitrogens with one attached hydrogen (secondary N) is 2. The predicted molar refractivity (Wildman–Crippen MR) is 164 cm³/mol. The Morgan fingerprint density at radius 2 is 1.95 bits per heavy atom. The van der Waals surface area contributed by atoms with E-state index in [1.54, 1.807) is 30.4 Å². The summed E-state index contributed by atoms with van der Waals surface area (Å²) in [4.78, 5) is 47.6. The molecule has 240 valence electrons. The van der Waals surface area contributed by atoms with E-state index in [1.165, 1.54) is 4.90 Å². The Kier molecular flexibility index (Phi) is 13.4. The number of anilines is 1. The maximum Gasteiger partial charge on any atom is 0.323 e. The van der Waals surface area contributed by atoms with Crippen LogP contribution in [0.3, 0.4) is 0 Å². The van der Waals surface area contributed by atoms with Gasteiger partial charge in [-0.1, -0.05) is 17.7 Å². The zero-order chi connectivity index (χ0) is 32.2. The van der Waals surface area contributed by atoms with E-state index in [-0.39, 0.29) is 24.4 Å². The molecule has 0 saturated carbocycles. The summed E-state index contributed by atoms with van der Waals surface area (Å²) in [6.07, 6.45) is 6.57. The van der Waals surface area contributed by atoms with Gasteiger partial charge in [0.1, 0.15) is 18.9 Å². The first-order valence-electron chi connectivity index (χ1n) is 14.3. The number of fused-ring (bicyclic) bond motifs is 2. The number of benzene rings is 1. The minimum Gasteiger partial charge on any atom is -0.343 e. The fraction of sp³-hybridized carbons (Fsp3) is 0.500. The van der Waals surface area contributed by atoms with Gasteiger partial charge in [0, 0.05) is 56.1 Å². The summed E-state index contributed by atoms with van der Waals surface area (Å²) in [6.45, 7) is 1.32. The van der Waals surface area contributed by atoms with Crippen LogP contribution in [0.25, 0.3) is 10.9 Å². The van der Waals surface area contributed by atoms with Gasteiger partial charge in [0.05, 0.1) is 31.1 Å². The number of likely N-dealkylation sites (tertiary alicyclic amines) is 1. The average molecular weight is 638 g/mol. The first kappa shape index (κ1) is 34.8. The van der Waals surface area contributed by atoms with Crippen molar-refractivity contribution in [2.24, 2.45) is 5.92 Å². The van der Waals surface area contributed by atoms with Crippen molar-refractivity contribution in [1.82, 2.24) is 29.9 Å². The Bertz CT molecular complexity index is 1400. The number of nitrogens with zero attached hydrogens (tertiary/aromatic N) is 5. The number of halogens is 4. The van der Waals surface area contributed by atoms with Crippen LogP contribution in [0.15, 0.2) is 30.6 Å². The highest BCUT2D eigenvalue weighted by Gasteiger charge is 2.32. The van der Waals surface area contributed by atoms with Gasteiger partial charge in [0.15, 0.2) is 0 Å². The Labute approximate surface area is 259 Å². The van der Waals surface area contributed by atoms with Crippen molar-refractivity contribution in [3.63, 3.8) is 0 Å². The lowest BCUT2D eigenvalue weighted by Crippen LogP contribution is -2.50. The molecule has 2 N–H and O–H groups in total. The smallest absolute Gasteiger partial charge is 0.323 e. The number of hydrogen-bond donors (Lipinski definition) is 2. The topological polar surface area (TPSA) is 115 Å². The lowest BCUT2D eigenvalue weighted by molar-refractivity contribution is -0.134. The van der Waals surface area contributed by atoms with Gasteiger partial charge in [0.25, 0.3) is 0 Å². The minimum absolute atomic E-state index is 0.0270. The normalized spacial score (nSPS) is 15.8. The van der Waals surface area contributed by atoms with Crippen LogP contribution >= 0.6 is 11.6 Å². The van der Waals surface area contributed by atoms with Crippen LogP contribution in [0.1, 0.15) is 36.0 Å². The summed E-state index contributed by atoms with van der Waals surface area (Å²) in [7, 11) is 2.67. The molecule has 3 aromatic rings. The summed E-state index contributed by atoms with van der Waals surface area (Å²) in [5.74, 6) is -0.0388. The highest BCUT2D eigenvalue weighted by Crippen LogP contribution is 2.31. The zero-order valence-electron chi connectivity index (χ0n) is 25.2. The molecule has 14 heteroatoms. The number of H-pyrrole nitrogens is 1. The van der Waals surface area contributed by atoms with Crippen LogP contribution in [0.4, 0.5) is 23.8 Å². The number of pyridine rings is 1. The number of alkyl halides is 3. The van der Waals surface area contributed by atoms with E-state index < -0.39 is 12.7 Å². The molecule has 0 bridgehead atoms. The van der Waals surface area contributed by atoms with Gasteiger partial charge in [-0.25, -0.2) is 14.2 Å². The quantitative estimate of drug-likeness (QED) is 0.253. The van der Waals surface area contributed by atoms with E-state index in [1.807, 2.05) is 17.0 Å². The number of carbonyl (C=O) groups excluding carboxylic acids is 3. The molecular formula is C30H39ClF3N7O3. The van der Waals surface area contributed by atoms with Crippen LogP contribution < -0.4 is 5.32 Å². The third kappa shape index (κ3) is 8.26. The molecule has 0 aliphatic carbocycles. The van der Waals surface area contributed by atoms with Gasteiger partial charge >= 0.3 is 6.03 Å². The number of piperidine rings is 1. The molecule has 1 saturated heterocycles. The van der Waals surface area contributed by atoms with E-state index in [0.29, 0.717) is 76.2 Å². The number of amides is 3. The molecule has 2 aromatic heterocycles. The Morgan fingerprint density at radius 3 is 2.64 bits per heavy atom. The molecule has 10 nitrogen and oxygen atoms in total. The Morgan fingerprint density at radius 1 is 1.23 bits per heavy atom. The first-order chi connectivity index (χ1) is 21.4. The molecule has 4 heterocycles. The molecule has 1 atom stereocenters. The van der Waals surface area contributed by atoms with Gasteiger partial charge in [-0.05, 0) is 61.6 Å².